The van der Waals surface area contributed by atoms with Crippen LogP contribution in [0.25, 0.3) is 0 Å². The SMILES string of the molecule is O=[N+]([O-])c1ccc(Cl)c(C=Nc2ccc(S(=O)(=O)Nc3ccc(F)cc3)cc2)c1. The Hall–Kier alpha value is -3.30. The molecule has 0 saturated heterocycles. The fourth-order valence-electron chi connectivity index (χ4n) is 2.33. The van der Waals surface area contributed by atoms with Crippen molar-refractivity contribution in [3.8, 4) is 0 Å². The van der Waals surface area contributed by atoms with Crippen LogP contribution in [-0.2, 0) is 10.0 Å². The number of halogens is 2. The van der Waals surface area contributed by atoms with Gasteiger partial charge < -0.3 is 0 Å². The van der Waals surface area contributed by atoms with Crippen molar-refractivity contribution in [1.82, 2.24) is 0 Å². The molecule has 0 radical (unpaired) electrons. The minimum Gasteiger partial charge on any atom is -0.280 e. The first-order valence-corrected chi connectivity index (χ1v) is 9.97. The summed E-state index contributed by atoms with van der Waals surface area (Å²) >= 11 is 6.01. The number of nitrogens with one attached hydrogen (secondary N) is 1. The second kappa shape index (κ2) is 8.38. The van der Waals surface area contributed by atoms with Crippen LogP contribution in [0.2, 0.25) is 5.02 Å². The first-order valence-electron chi connectivity index (χ1n) is 8.11. The zero-order chi connectivity index (χ0) is 21.0. The van der Waals surface area contributed by atoms with E-state index in [-0.39, 0.29) is 16.3 Å². The normalized spacial score (nSPS) is 11.5. The van der Waals surface area contributed by atoms with Gasteiger partial charge in [-0.25, -0.2) is 12.8 Å². The lowest BCUT2D eigenvalue weighted by Gasteiger charge is -2.08. The molecule has 3 aromatic rings. The minimum absolute atomic E-state index is 0.00541. The van der Waals surface area contributed by atoms with E-state index in [0.29, 0.717) is 16.3 Å². The number of benzene rings is 3. The lowest BCUT2D eigenvalue weighted by Crippen LogP contribution is -2.12. The highest BCUT2D eigenvalue weighted by Crippen LogP contribution is 2.23. The molecule has 0 fully saturated rings. The fourth-order valence-corrected chi connectivity index (χ4v) is 3.56. The van der Waals surface area contributed by atoms with Gasteiger partial charge in [0.2, 0.25) is 0 Å². The van der Waals surface area contributed by atoms with Crippen molar-refractivity contribution < 1.29 is 17.7 Å². The van der Waals surface area contributed by atoms with Crippen molar-refractivity contribution in [3.63, 3.8) is 0 Å². The number of nitro benzene ring substituents is 1. The van der Waals surface area contributed by atoms with Gasteiger partial charge in [-0.05, 0) is 54.6 Å². The van der Waals surface area contributed by atoms with E-state index in [0.717, 1.165) is 12.1 Å². The van der Waals surface area contributed by atoms with E-state index in [1.807, 2.05) is 0 Å². The van der Waals surface area contributed by atoms with Crippen LogP contribution in [0.3, 0.4) is 0 Å². The fraction of sp³-hybridized carbons (Fsp3) is 0. The quantitative estimate of drug-likeness (QED) is 0.338. The van der Waals surface area contributed by atoms with Crippen LogP contribution < -0.4 is 4.72 Å². The average Bonchev–Trinajstić information content (AvgIpc) is 2.69. The second-order valence-corrected chi connectivity index (χ2v) is 7.92. The molecule has 7 nitrogen and oxygen atoms in total. The maximum Gasteiger partial charge on any atom is 0.270 e. The van der Waals surface area contributed by atoms with Crippen molar-refractivity contribution in [2.45, 2.75) is 4.90 Å². The van der Waals surface area contributed by atoms with Crippen molar-refractivity contribution >= 4 is 44.9 Å². The summed E-state index contributed by atoms with van der Waals surface area (Å²) in [4.78, 5) is 14.5. The summed E-state index contributed by atoms with van der Waals surface area (Å²) in [7, 11) is -3.85. The Labute approximate surface area is 170 Å². The van der Waals surface area contributed by atoms with Crippen LogP contribution in [0.1, 0.15) is 5.56 Å². The molecule has 0 amide bonds. The topological polar surface area (TPSA) is 102 Å². The van der Waals surface area contributed by atoms with Gasteiger partial charge in [0.15, 0.2) is 0 Å². The third-order valence-electron chi connectivity index (χ3n) is 3.79. The van der Waals surface area contributed by atoms with Gasteiger partial charge >= 0.3 is 0 Å². The van der Waals surface area contributed by atoms with Gasteiger partial charge in [-0.3, -0.25) is 19.8 Å². The average molecular weight is 434 g/mol. The van der Waals surface area contributed by atoms with Crippen molar-refractivity contribution in [2.75, 3.05) is 4.72 Å². The minimum atomic E-state index is -3.85. The number of sulfonamides is 1. The Bertz CT molecular complexity index is 1180. The van der Waals surface area contributed by atoms with Crippen LogP contribution in [0.5, 0.6) is 0 Å². The van der Waals surface area contributed by atoms with E-state index in [4.69, 9.17) is 11.6 Å². The third-order valence-corrected chi connectivity index (χ3v) is 5.53. The molecule has 0 aromatic heterocycles. The smallest absolute Gasteiger partial charge is 0.270 e. The number of nitrogens with zero attached hydrogens (tertiary/aromatic N) is 2. The van der Waals surface area contributed by atoms with Gasteiger partial charge in [0.05, 0.1) is 15.5 Å². The molecule has 0 spiro atoms. The maximum atomic E-state index is 12.9. The highest BCUT2D eigenvalue weighted by atomic mass is 35.5. The Balaban J connectivity index is 1.78. The zero-order valence-electron chi connectivity index (χ0n) is 14.6. The first-order chi connectivity index (χ1) is 13.7. The molecule has 0 heterocycles. The van der Waals surface area contributed by atoms with Gasteiger partial charge in [-0.15, -0.1) is 0 Å². The van der Waals surface area contributed by atoms with Crippen LogP contribution in [0, 0.1) is 15.9 Å². The van der Waals surface area contributed by atoms with E-state index in [1.165, 1.54) is 60.8 Å². The van der Waals surface area contributed by atoms with Crippen molar-refractivity contribution in [2.24, 2.45) is 4.99 Å². The van der Waals surface area contributed by atoms with Crippen LogP contribution in [0.15, 0.2) is 76.6 Å². The third kappa shape index (κ3) is 5.15. The zero-order valence-corrected chi connectivity index (χ0v) is 16.2. The molecule has 10 heteroatoms. The maximum absolute atomic E-state index is 12.9. The summed E-state index contributed by atoms with van der Waals surface area (Å²) in [6.45, 7) is 0. The number of rotatable bonds is 6. The standard InChI is InChI=1S/C19H13ClFN3O4S/c20-19-10-7-17(24(25)26)11-13(19)12-22-15-5-8-18(9-6-15)29(27,28)23-16-3-1-14(21)2-4-16/h1-12,23H. The second-order valence-electron chi connectivity index (χ2n) is 5.83. The summed E-state index contributed by atoms with van der Waals surface area (Å²) in [5.41, 5.74) is 0.891. The molecular weight excluding hydrogens is 421 g/mol. The first kappa shape index (κ1) is 20.4. The number of non-ortho nitro benzene ring substituents is 1. The van der Waals surface area contributed by atoms with Crippen molar-refractivity contribution in [3.05, 3.63) is 93.2 Å². The molecule has 148 valence electrons. The molecule has 0 aliphatic carbocycles. The molecule has 3 rings (SSSR count). The molecule has 0 unspecified atom stereocenters. The monoisotopic (exact) mass is 433 g/mol. The number of anilines is 1. The number of hydrogen-bond donors (Lipinski definition) is 1. The van der Waals surface area contributed by atoms with Crippen LogP contribution in [-0.4, -0.2) is 19.6 Å². The molecule has 0 aliphatic rings. The van der Waals surface area contributed by atoms with Gasteiger partial charge in [0, 0.05) is 34.6 Å². The molecule has 3 aromatic carbocycles. The summed E-state index contributed by atoms with van der Waals surface area (Å²) in [5.74, 6) is -0.473. The summed E-state index contributed by atoms with van der Waals surface area (Å²) in [5, 5.41) is 11.1. The number of aliphatic imine (C=N–C) groups is 1. The highest BCUT2D eigenvalue weighted by molar-refractivity contribution is 7.92. The summed E-state index contributed by atoms with van der Waals surface area (Å²) in [6, 6.07) is 14.6. The Kier molecular flexibility index (Phi) is 5.90. The molecule has 1 N–H and O–H groups in total. The molecule has 0 aliphatic heterocycles. The number of nitro groups is 1. The van der Waals surface area contributed by atoms with Gasteiger partial charge in [-0.1, -0.05) is 11.6 Å². The Morgan fingerprint density at radius 3 is 2.31 bits per heavy atom. The van der Waals surface area contributed by atoms with Crippen molar-refractivity contribution in [1.29, 1.82) is 0 Å². The molecular formula is C19H13ClFN3O4S. The predicted molar refractivity (Wildman–Crippen MR) is 109 cm³/mol. The van der Waals surface area contributed by atoms with Crippen LogP contribution >= 0.6 is 11.6 Å². The molecule has 0 saturated carbocycles. The van der Waals surface area contributed by atoms with Crippen LogP contribution in [0.4, 0.5) is 21.5 Å². The number of hydrogen-bond acceptors (Lipinski definition) is 5. The van der Waals surface area contributed by atoms with E-state index >= 15 is 0 Å². The highest BCUT2D eigenvalue weighted by Gasteiger charge is 2.14. The summed E-state index contributed by atoms with van der Waals surface area (Å²) < 4.78 is 40.1. The van der Waals surface area contributed by atoms with E-state index in [9.17, 15) is 22.9 Å². The molecule has 29 heavy (non-hydrogen) atoms. The van der Waals surface area contributed by atoms with Gasteiger partial charge in [0.25, 0.3) is 15.7 Å². The summed E-state index contributed by atoms with van der Waals surface area (Å²) in [6.07, 6.45) is 1.36. The Morgan fingerprint density at radius 1 is 1.03 bits per heavy atom. The lowest BCUT2D eigenvalue weighted by atomic mass is 10.2. The van der Waals surface area contributed by atoms with Gasteiger partial charge in [0.1, 0.15) is 5.82 Å². The predicted octanol–water partition coefficient (Wildman–Crippen LogP) is 4.94. The molecule has 0 atom stereocenters. The van der Waals surface area contributed by atoms with E-state index in [2.05, 4.69) is 9.71 Å². The largest absolute Gasteiger partial charge is 0.280 e. The van der Waals surface area contributed by atoms with Gasteiger partial charge in [-0.2, -0.15) is 0 Å². The lowest BCUT2D eigenvalue weighted by molar-refractivity contribution is -0.384. The molecule has 0 bridgehead atoms. The van der Waals surface area contributed by atoms with E-state index in [1.54, 1.807) is 0 Å². The van der Waals surface area contributed by atoms with E-state index < -0.39 is 20.8 Å². The Morgan fingerprint density at radius 2 is 1.69 bits per heavy atom.